The van der Waals surface area contributed by atoms with Crippen molar-refractivity contribution in [3.05, 3.63) is 156 Å². The van der Waals surface area contributed by atoms with Crippen LogP contribution >= 0.6 is 11.6 Å². The number of anilines is 1. The van der Waals surface area contributed by atoms with E-state index in [2.05, 4.69) is 10.0 Å². The third kappa shape index (κ3) is 7.92. The van der Waals surface area contributed by atoms with Gasteiger partial charge in [-0.05, 0) is 70.4 Å². The van der Waals surface area contributed by atoms with Gasteiger partial charge in [0.05, 0.1) is 23.3 Å². The molecular weight excluding hydrogens is 660 g/mol. The van der Waals surface area contributed by atoms with Crippen LogP contribution in [-0.2, 0) is 26.0 Å². The van der Waals surface area contributed by atoms with Crippen LogP contribution in [-0.4, -0.2) is 33.4 Å². The SMILES string of the molecule is COC(=O)[C@H](Cc1ccc(-c2ccccc2Oc2ccccc2)cc1)NC(=O)c1cc(Cl)ccc1NS(=O)(=O)c1ccc2ccccc2c1. The highest BCUT2D eigenvalue weighted by Gasteiger charge is 2.26. The molecule has 0 saturated heterocycles. The Kier molecular flexibility index (Phi) is 9.94. The maximum absolute atomic E-state index is 13.6. The van der Waals surface area contributed by atoms with E-state index in [1.165, 1.54) is 31.4 Å². The smallest absolute Gasteiger partial charge is 0.328 e. The average molecular weight is 691 g/mol. The minimum atomic E-state index is -4.09. The minimum absolute atomic E-state index is 0.000542. The van der Waals surface area contributed by atoms with E-state index in [1.54, 1.807) is 12.1 Å². The lowest BCUT2D eigenvalue weighted by atomic mass is 9.99. The Balaban J connectivity index is 1.20. The van der Waals surface area contributed by atoms with Gasteiger partial charge in [-0.1, -0.05) is 103 Å². The van der Waals surface area contributed by atoms with E-state index in [-0.39, 0.29) is 27.6 Å². The van der Waals surface area contributed by atoms with Gasteiger partial charge in [0.1, 0.15) is 17.5 Å². The summed E-state index contributed by atoms with van der Waals surface area (Å²) in [5, 5.41) is 4.55. The summed E-state index contributed by atoms with van der Waals surface area (Å²) in [6, 6.07) is 40.0. The molecule has 10 heteroatoms. The van der Waals surface area contributed by atoms with Gasteiger partial charge in [-0.2, -0.15) is 0 Å². The lowest BCUT2D eigenvalue weighted by molar-refractivity contribution is -0.142. The van der Waals surface area contributed by atoms with Gasteiger partial charge in [-0.15, -0.1) is 0 Å². The Morgan fingerprint density at radius 2 is 1.45 bits per heavy atom. The highest BCUT2D eigenvalue weighted by atomic mass is 35.5. The molecule has 0 aromatic heterocycles. The second kappa shape index (κ2) is 14.6. The van der Waals surface area contributed by atoms with Crippen molar-refractivity contribution in [2.45, 2.75) is 17.4 Å². The van der Waals surface area contributed by atoms with E-state index in [1.807, 2.05) is 103 Å². The molecule has 0 aliphatic heterocycles. The first-order valence-electron chi connectivity index (χ1n) is 15.3. The molecule has 0 unspecified atom stereocenters. The maximum atomic E-state index is 13.6. The van der Waals surface area contributed by atoms with Crippen LogP contribution in [0.5, 0.6) is 11.5 Å². The van der Waals surface area contributed by atoms with Crippen molar-refractivity contribution in [3.63, 3.8) is 0 Å². The lowest BCUT2D eigenvalue weighted by Crippen LogP contribution is -2.43. The fraction of sp³-hybridized carbons (Fsp3) is 0.0769. The van der Waals surface area contributed by atoms with Crippen LogP contribution in [0.4, 0.5) is 5.69 Å². The summed E-state index contributed by atoms with van der Waals surface area (Å²) in [6.07, 6.45) is 0.111. The van der Waals surface area contributed by atoms with Crippen LogP contribution in [0.1, 0.15) is 15.9 Å². The first-order valence-corrected chi connectivity index (χ1v) is 17.2. The van der Waals surface area contributed by atoms with Gasteiger partial charge in [-0.3, -0.25) is 9.52 Å². The highest BCUT2D eigenvalue weighted by molar-refractivity contribution is 7.92. The number of fused-ring (bicyclic) bond motifs is 1. The molecule has 6 aromatic carbocycles. The molecule has 0 aliphatic carbocycles. The van der Waals surface area contributed by atoms with E-state index < -0.39 is 27.9 Å². The van der Waals surface area contributed by atoms with Crippen LogP contribution in [0.3, 0.4) is 0 Å². The van der Waals surface area contributed by atoms with Gasteiger partial charge in [0.2, 0.25) is 0 Å². The Bertz CT molecular complexity index is 2240. The largest absolute Gasteiger partial charge is 0.467 e. The number of rotatable bonds is 11. The Morgan fingerprint density at radius 3 is 2.20 bits per heavy atom. The van der Waals surface area contributed by atoms with Gasteiger partial charge < -0.3 is 14.8 Å². The minimum Gasteiger partial charge on any atom is -0.467 e. The number of amides is 1. The lowest BCUT2D eigenvalue weighted by Gasteiger charge is -2.19. The molecule has 0 fully saturated rings. The number of methoxy groups -OCH3 is 1. The summed E-state index contributed by atoms with van der Waals surface area (Å²) >= 11 is 6.23. The molecule has 49 heavy (non-hydrogen) atoms. The summed E-state index contributed by atoms with van der Waals surface area (Å²) < 4.78 is 40.5. The van der Waals surface area contributed by atoms with Gasteiger partial charge in [0.25, 0.3) is 15.9 Å². The molecule has 0 spiro atoms. The molecule has 1 amide bonds. The van der Waals surface area contributed by atoms with Crippen molar-refractivity contribution >= 4 is 50.0 Å². The third-order valence-corrected chi connectivity index (χ3v) is 9.45. The van der Waals surface area contributed by atoms with E-state index >= 15 is 0 Å². The van der Waals surface area contributed by atoms with Gasteiger partial charge in [-0.25, -0.2) is 13.2 Å². The van der Waals surface area contributed by atoms with Gasteiger partial charge >= 0.3 is 5.97 Å². The number of sulfonamides is 1. The third-order valence-electron chi connectivity index (χ3n) is 7.86. The molecule has 8 nitrogen and oxygen atoms in total. The summed E-state index contributed by atoms with van der Waals surface area (Å²) in [5.41, 5.74) is 2.48. The number of benzene rings is 6. The first kappa shape index (κ1) is 33.3. The molecule has 6 aromatic rings. The Morgan fingerprint density at radius 1 is 0.755 bits per heavy atom. The number of ether oxygens (including phenoxy) is 2. The van der Waals surface area contributed by atoms with Gasteiger partial charge in [0.15, 0.2) is 0 Å². The molecule has 1 atom stereocenters. The van der Waals surface area contributed by atoms with Crippen LogP contribution in [0.15, 0.2) is 144 Å². The number of hydrogen-bond acceptors (Lipinski definition) is 6. The fourth-order valence-corrected chi connectivity index (χ4v) is 6.66. The maximum Gasteiger partial charge on any atom is 0.328 e. The second-order valence-corrected chi connectivity index (χ2v) is 13.3. The van der Waals surface area contributed by atoms with E-state index in [0.717, 1.165) is 27.5 Å². The molecular formula is C39H31ClN2O6S. The second-order valence-electron chi connectivity index (χ2n) is 11.2. The van der Waals surface area contributed by atoms with Crippen LogP contribution < -0.4 is 14.8 Å². The van der Waals surface area contributed by atoms with Gasteiger partial charge in [0, 0.05) is 17.0 Å². The summed E-state index contributed by atoms with van der Waals surface area (Å²) in [6.45, 7) is 0. The van der Waals surface area contributed by atoms with Crippen molar-refractivity contribution < 1.29 is 27.5 Å². The molecule has 6 rings (SSSR count). The Hall–Kier alpha value is -5.64. The van der Waals surface area contributed by atoms with Crippen LogP contribution in [0.25, 0.3) is 21.9 Å². The molecule has 0 aliphatic rings. The van der Waals surface area contributed by atoms with E-state index in [0.29, 0.717) is 11.5 Å². The molecule has 0 saturated carbocycles. The van der Waals surface area contributed by atoms with Crippen molar-refractivity contribution in [2.75, 3.05) is 11.8 Å². The normalized spacial score (nSPS) is 11.8. The van der Waals surface area contributed by atoms with Crippen LogP contribution in [0.2, 0.25) is 5.02 Å². The van der Waals surface area contributed by atoms with Crippen molar-refractivity contribution in [3.8, 4) is 22.6 Å². The zero-order valence-corrected chi connectivity index (χ0v) is 27.9. The van der Waals surface area contributed by atoms with Crippen molar-refractivity contribution in [1.29, 1.82) is 0 Å². The number of hydrogen-bond donors (Lipinski definition) is 2. The predicted molar refractivity (Wildman–Crippen MR) is 192 cm³/mol. The Labute approximate surface area is 289 Å². The van der Waals surface area contributed by atoms with Crippen LogP contribution in [0, 0.1) is 0 Å². The molecule has 0 bridgehead atoms. The number of esters is 1. The molecule has 2 N–H and O–H groups in total. The standard InChI is InChI=1S/C39H31ClN2O6S/c1-47-39(44)36(23-26-15-17-28(18-16-26)33-13-7-8-14-37(33)48-31-11-3-2-4-12-31)41-38(43)34-25-30(40)20-22-35(34)42-49(45,46)32-21-19-27-9-5-6-10-29(27)24-32/h2-22,24-25,36,42H,23H2,1H3,(H,41,43)/t36-/m0/s1. The molecule has 246 valence electrons. The zero-order chi connectivity index (χ0) is 34.4. The summed E-state index contributed by atoms with van der Waals surface area (Å²) in [7, 11) is -2.86. The van der Waals surface area contributed by atoms with E-state index in [4.69, 9.17) is 21.1 Å². The predicted octanol–water partition coefficient (Wildman–Crippen LogP) is 8.27. The quantitative estimate of drug-likeness (QED) is 0.132. The molecule has 0 heterocycles. The topological polar surface area (TPSA) is 111 Å². The number of carbonyl (C=O) groups excluding carboxylic acids is 2. The fourth-order valence-electron chi connectivity index (χ4n) is 5.37. The monoisotopic (exact) mass is 690 g/mol. The number of para-hydroxylation sites is 2. The summed E-state index contributed by atoms with van der Waals surface area (Å²) in [4.78, 5) is 26.5. The zero-order valence-electron chi connectivity index (χ0n) is 26.3. The number of halogens is 1. The first-order chi connectivity index (χ1) is 23.7. The summed E-state index contributed by atoms with van der Waals surface area (Å²) in [5.74, 6) is 0.0272. The van der Waals surface area contributed by atoms with E-state index in [9.17, 15) is 18.0 Å². The number of nitrogens with one attached hydrogen (secondary N) is 2. The average Bonchev–Trinajstić information content (AvgIpc) is 3.12. The molecule has 0 radical (unpaired) electrons. The number of carbonyl (C=O) groups is 2. The van der Waals surface area contributed by atoms with Crippen molar-refractivity contribution in [2.24, 2.45) is 0 Å². The van der Waals surface area contributed by atoms with Crippen molar-refractivity contribution in [1.82, 2.24) is 5.32 Å². The highest BCUT2D eigenvalue weighted by Crippen LogP contribution is 2.33.